The number of benzene rings is 1. The van der Waals surface area contributed by atoms with Crippen LogP contribution in [0.25, 0.3) is 0 Å². The predicted molar refractivity (Wildman–Crippen MR) is 111 cm³/mol. The molecule has 0 spiro atoms. The van der Waals surface area contributed by atoms with Gasteiger partial charge in [0.05, 0.1) is 13.2 Å². The van der Waals surface area contributed by atoms with E-state index in [1.807, 2.05) is 61.4 Å². The minimum atomic E-state index is -0.681. The minimum Gasteiger partial charge on any atom is -0.458 e. The zero-order chi connectivity index (χ0) is 20.9. The first-order valence-corrected chi connectivity index (χ1v) is 10.5. The number of nitrogens with one attached hydrogen (secondary N) is 1. The molecule has 1 saturated heterocycles. The van der Waals surface area contributed by atoms with Crippen molar-refractivity contribution in [3.05, 3.63) is 52.5 Å². The lowest BCUT2D eigenvalue weighted by Gasteiger charge is -2.33. The Balaban J connectivity index is 1.61. The number of hydrogen-bond acceptors (Lipinski definition) is 7. The number of esters is 1. The van der Waals surface area contributed by atoms with E-state index in [-0.39, 0.29) is 18.5 Å². The Morgan fingerprint density at radius 2 is 2.10 bits per heavy atom. The number of thiazole rings is 1. The van der Waals surface area contributed by atoms with Crippen LogP contribution in [0.2, 0.25) is 0 Å². The molecule has 2 heterocycles. The van der Waals surface area contributed by atoms with E-state index in [1.165, 1.54) is 11.3 Å². The molecule has 0 radical (unpaired) electrons. The lowest BCUT2D eigenvalue weighted by Crippen LogP contribution is -2.50. The zero-order valence-electron chi connectivity index (χ0n) is 17.0. The number of ether oxygens (including phenoxy) is 2. The van der Waals surface area contributed by atoms with Crippen molar-refractivity contribution in [3.63, 3.8) is 0 Å². The quantitative estimate of drug-likeness (QED) is 0.727. The summed E-state index contributed by atoms with van der Waals surface area (Å²) in [5, 5.41) is 5.80. The van der Waals surface area contributed by atoms with Gasteiger partial charge in [-0.25, -0.2) is 9.78 Å². The van der Waals surface area contributed by atoms with E-state index in [0.717, 1.165) is 10.6 Å². The summed E-state index contributed by atoms with van der Waals surface area (Å²) in [6.07, 6.45) is 1.05. The van der Waals surface area contributed by atoms with Crippen LogP contribution >= 0.6 is 11.3 Å². The Morgan fingerprint density at radius 1 is 1.34 bits per heavy atom. The van der Waals surface area contributed by atoms with Crippen molar-refractivity contribution in [2.24, 2.45) is 0 Å². The average Bonchev–Trinajstić information content (AvgIpc) is 3.20. The van der Waals surface area contributed by atoms with Crippen molar-refractivity contribution in [2.45, 2.75) is 38.5 Å². The summed E-state index contributed by atoms with van der Waals surface area (Å²) in [7, 11) is 0. The highest BCUT2D eigenvalue weighted by Crippen LogP contribution is 2.23. The van der Waals surface area contributed by atoms with Gasteiger partial charge in [0.25, 0.3) is 0 Å². The van der Waals surface area contributed by atoms with E-state index in [2.05, 4.69) is 10.3 Å². The molecule has 8 heteroatoms. The van der Waals surface area contributed by atoms with Crippen LogP contribution in [-0.4, -0.2) is 59.7 Å². The van der Waals surface area contributed by atoms with Crippen LogP contribution in [-0.2, 0) is 19.1 Å². The van der Waals surface area contributed by atoms with Crippen LogP contribution in [0, 0.1) is 0 Å². The van der Waals surface area contributed by atoms with Crippen LogP contribution in [0.3, 0.4) is 0 Å². The molecule has 0 bridgehead atoms. The summed E-state index contributed by atoms with van der Waals surface area (Å²) in [4.78, 5) is 31.3. The van der Waals surface area contributed by atoms with E-state index in [0.29, 0.717) is 19.7 Å². The summed E-state index contributed by atoms with van der Waals surface area (Å²) in [5.41, 5.74) is 0.404. The van der Waals surface area contributed by atoms with Gasteiger partial charge in [0, 0.05) is 24.7 Å². The average molecular weight is 418 g/mol. The van der Waals surface area contributed by atoms with Crippen molar-refractivity contribution in [1.29, 1.82) is 0 Å². The number of nitrogens with zero attached hydrogens (tertiary/aromatic N) is 2. The highest BCUT2D eigenvalue weighted by Gasteiger charge is 2.31. The molecule has 1 aliphatic heterocycles. The molecule has 7 nitrogen and oxygen atoms in total. The molecule has 1 aromatic carbocycles. The van der Waals surface area contributed by atoms with Gasteiger partial charge in [0.1, 0.15) is 16.7 Å². The predicted octanol–water partition coefficient (Wildman–Crippen LogP) is 2.39. The molecule has 1 N–H and O–H groups in total. The van der Waals surface area contributed by atoms with Gasteiger partial charge in [-0.15, -0.1) is 11.3 Å². The van der Waals surface area contributed by atoms with E-state index in [9.17, 15) is 9.59 Å². The number of hydrogen-bond donors (Lipinski definition) is 1. The molecular formula is C21H27N3O4S. The van der Waals surface area contributed by atoms with E-state index in [4.69, 9.17) is 9.47 Å². The molecule has 1 aliphatic rings. The molecule has 0 saturated carbocycles. The fourth-order valence-electron chi connectivity index (χ4n) is 3.08. The molecule has 2 unspecified atom stereocenters. The van der Waals surface area contributed by atoms with Crippen LogP contribution in [0.5, 0.6) is 0 Å². The number of aromatic nitrogens is 1. The Hall–Kier alpha value is -2.29. The van der Waals surface area contributed by atoms with Gasteiger partial charge in [0.15, 0.2) is 6.10 Å². The van der Waals surface area contributed by atoms with Gasteiger partial charge >= 0.3 is 5.97 Å². The number of rotatable bonds is 6. The number of carbonyl (C=O) groups excluding carboxylic acids is 2. The zero-order valence-corrected chi connectivity index (χ0v) is 17.8. The number of morpholine rings is 1. The van der Waals surface area contributed by atoms with E-state index in [1.54, 1.807) is 6.20 Å². The smallest absolute Gasteiger partial charge is 0.337 e. The Kier molecular flexibility index (Phi) is 7.00. The Morgan fingerprint density at radius 3 is 2.76 bits per heavy atom. The van der Waals surface area contributed by atoms with Crippen molar-refractivity contribution < 1.29 is 19.1 Å². The van der Waals surface area contributed by atoms with Gasteiger partial charge in [-0.2, -0.15) is 0 Å². The summed E-state index contributed by atoms with van der Waals surface area (Å²) in [6.45, 7) is 6.93. The molecule has 0 aliphatic carbocycles. The van der Waals surface area contributed by atoms with Crippen molar-refractivity contribution in [1.82, 2.24) is 15.2 Å². The lowest BCUT2D eigenvalue weighted by molar-refractivity contribution is -0.174. The number of carbonyl (C=O) groups is 2. The SMILES string of the molecule is CC(C)(C)OC(=O)C1CN(CC(=O)NC(c2ccccc2)c2nccs2)CCO1. The third kappa shape index (κ3) is 6.35. The minimum absolute atomic E-state index is 0.126. The molecular weight excluding hydrogens is 390 g/mol. The van der Waals surface area contributed by atoms with E-state index < -0.39 is 17.7 Å². The molecule has 1 amide bonds. The molecule has 2 atom stereocenters. The molecule has 1 aromatic heterocycles. The molecule has 3 rings (SSSR count). The van der Waals surface area contributed by atoms with E-state index >= 15 is 0 Å². The van der Waals surface area contributed by atoms with Crippen LogP contribution < -0.4 is 5.32 Å². The van der Waals surface area contributed by atoms with Gasteiger partial charge < -0.3 is 14.8 Å². The molecule has 2 aromatic rings. The monoisotopic (exact) mass is 417 g/mol. The number of amides is 1. The highest BCUT2D eigenvalue weighted by molar-refractivity contribution is 7.09. The fraction of sp³-hybridized carbons (Fsp3) is 0.476. The Labute approximate surface area is 175 Å². The van der Waals surface area contributed by atoms with Crippen LogP contribution in [0.15, 0.2) is 41.9 Å². The second kappa shape index (κ2) is 9.47. The maximum atomic E-state index is 12.8. The van der Waals surface area contributed by atoms with Crippen LogP contribution in [0.1, 0.15) is 37.4 Å². The normalized spacial score (nSPS) is 18.8. The summed E-state index contributed by atoms with van der Waals surface area (Å²) in [6, 6.07) is 9.46. The second-order valence-electron chi connectivity index (χ2n) is 7.91. The maximum Gasteiger partial charge on any atom is 0.337 e. The van der Waals surface area contributed by atoms with Gasteiger partial charge in [-0.05, 0) is 26.3 Å². The first-order chi connectivity index (χ1) is 13.8. The third-order valence-electron chi connectivity index (χ3n) is 4.32. The standard InChI is InChI=1S/C21H27N3O4S/c1-21(2,3)28-20(26)16-13-24(10-11-27-16)14-17(25)23-18(19-22-9-12-29-19)15-7-5-4-6-8-15/h4-9,12,16,18H,10-11,13-14H2,1-3H3,(H,23,25). The van der Waals surface area contributed by atoms with Gasteiger partial charge in [-0.1, -0.05) is 30.3 Å². The Bertz CT molecular complexity index is 805. The largest absolute Gasteiger partial charge is 0.458 e. The van der Waals surface area contributed by atoms with Gasteiger partial charge in [0.2, 0.25) is 5.91 Å². The molecule has 1 fully saturated rings. The second-order valence-corrected chi connectivity index (χ2v) is 8.84. The lowest BCUT2D eigenvalue weighted by atomic mass is 10.1. The first kappa shape index (κ1) is 21.4. The summed E-state index contributed by atoms with van der Waals surface area (Å²) < 4.78 is 11.0. The van der Waals surface area contributed by atoms with Crippen molar-refractivity contribution >= 4 is 23.2 Å². The summed E-state index contributed by atoms with van der Waals surface area (Å²) >= 11 is 1.50. The van der Waals surface area contributed by atoms with Crippen LogP contribution in [0.4, 0.5) is 0 Å². The summed E-state index contributed by atoms with van der Waals surface area (Å²) in [5.74, 6) is -0.522. The fourth-order valence-corrected chi connectivity index (χ4v) is 3.79. The van der Waals surface area contributed by atoms with Crippen molar-refractivity contribution in [3.8, 4) is 0 Å². The molecule has 156 valence electrons. The van der Waals surface area contributed by atoms with Crippen molar-refractivity contribution in [2.75, 3.05) is 26.2 Å². The third-order valence-corrected chi connectivity index (χ3v) is 5.16. The topological polar surface area (TPSA) is 80.8 Å². The maximum absolute atomic E-state index is 12.8. The molecule has 29 heavy (non-hydrogen) atoms. The highest BCUT2D eigenvalue weighted by atomic mass is 32.1. The first-order valence-electron chi connectivity index (χ1n) is 9.62. The van der Waals surface area contributed by atoms with Gasteiger partial charge in [-0.3, -0.25) is 9.69 Å².